The standard InChI is InChI=1S/C29H33N5.3ClH.Co/c1-3-5-11-20-33-26-18-9-7-14-22(26)31-28(33)24-16-13-17-25(30-24)29-32-23-15-8-10-19-27(23)34(29)21-12-6-4-2;;;;/h7-10,13-19H,3-6,11-12,20-21H2,1-2H3;3*1H;/q;;;;+3/p-3. The Bertz CT molecular complexity index is 1310. The number of imidazole rings is 2. The van der Waals surface area contributed by atoms with Crippen LogP contribution in [0.25, 0.3) is 45.1 Å². The number of benzene rings is 2. The fourth-order valence-electron chi connectivity index (χ4n) is 4.72. The van der Waals surface area contributed by atoms with E-state index in [2.05, 4.69) is 89.7 Å². The molecule has 0 bridgehead atoms. The summed E-state index contributed by atoms with van der Waals surface area (Å²) in [5.41, 5.74) is 6.19. The molecule has 5 rings (SSSR count). The molecule has 2 aromatic carbocycles. The van der Waals surface area contributed by atoms with Gasteiger partial charge >= 0.3 is 16.8 Å². The summed E-state index contributed by atoms with van der Waals surface area (Å²) in [6, 6.07) is 23.0. The predicted octanol–water partition coefficient (Wildman–Crippen LogP) is -1.50. The minimum Gasteiger partial charge on any atom is -1.00 e. The van der Waals surface area contributed by atoms with E-state index in [9.17, 15) is 0 Å². The topological polar surface area (TPSA) is 48.5 Å². The second-order valence-electron chi connectivity index (χ2n) is 8.97. The number of pyridine rings is 1. The summed E-state index contributed by atoms with van der Waals surface area (Å²) < 4.78 is 4.67. The predicted molar refractivity (Wildman–Crippen MR) is 141 cm³/mol. The number of unbranched alkanes of at least 4 members (excludes halogenated alkanes) is 4. The third-order valence-electron chi connectivity index (χ3n) is 6.49. The molecule has 3 aromatic heterocycles. The Morgan fingerprint density at radius 1 is 0.526 bits per heavy atom. The molecular weight excluding hydrogens is 584 g/mol. The number of aromatic nitrogens is 5. The molecule has 3 heterocycles. The molecule has 0 saturated heterocycles. The maximum Gasteiger partial charge on any atom is 3.00 e. The summed E-state index contributed by atoms with van der Waals surface area (Å²) in [6.45, 7) is 6.38. The average molecular weight is 617 g/mol. The maximum absolute atomic E-state index is 5.11. The first-order chi connectivity index (χ1) is 16.8. The Morgan fingerprint density at radius 2 is 0.947 bits per heavy atom. The van der Waals surface area contributed by atoms with E-state index < -0.39 is 0 Å². The van der Waals surface area contributed by atoms with E-state index in [1.165, 1.54) is 36.7 Å². The summed E-state index contributed by atoms with van der Waals surface area (Å²) in [5, 5.41) is 0. The van der Waals surface area contributed by atoms with Crippen molar-refractivity contribution in [1.82, 2.24) is 24.1 Å². The molecule has 9 heteroatoms. The molecule has 5 nitrogen and oxygen atoms in total. The zero-order valence-corrected chi connectivity index (χ0v) is 25.0. The summed E-state index contributed by atoms with van der Waals surface area (Å²) in [4.78, 5) is 15.1. The van der Waals surface area contributed by atoms with Gasteiger partial charge in [0.1, 0.15) is 11.4 Å². The van der Waals surface area contributed by atoms with Gasteiger partial charge in [0.25, 0.3) is 0 Å². The Morgan fingerprint density at radius 3 is 1.37 bits per heavy atom. The first-order valence-electron chi connectivity index (χ1n) is 12.7. The van der Waals surface area contributed by atoms with Crippen LogP contribution in [0, 0.1) is 0 Å². The molecule has 0 radical (unpaired) electrons. The van der Waals surface area contributed by atoms with Crippen LogP contribution in [0.4, 0.5) is 0 Å². The number of halogens is 3. The SMILES string of the molecule is CCCCCn1c(-c2cccc(-c3nc4ccccc4n3CCCCC)n2)nc2ccccc21.[Cl-].[Cl-].[Cl-].[Co+3]. The van der Waals surface area contributed by atoms with Crippen molar-refractivity contribution < 1.29 is 54.0 Å². The van der Waals surface area contributed by atoms with Gasteiger partial charge in [-0.3, -0.25) is 0 Å². The molecule has 0 aliphatic carbocycles. The largest absolute Gasteiger partial charge is 3.00 e. The Kier molecular flexibility index (Phi) is 14.4. The van der Waals surface area contributed by atoms with Crippen LogP contribution >= 0.6 is 0 Å². The second-order valence-corrected chi connectivity index (χ2v) is 8.97. The molecule has 0 amide bonds. The summed E-state index contributed by atoms with van der Waals surface area (Å²) in [7, 11) is 0. The summed E-state index contributed by atoms with van der Waals surface area (Å²) >= 11 is 0. The summed E-state index contributed by atoms with van der Waals surface area (Å²) in [5.74, 6) is 1.88. The van der Waals surface area contributed by atoms with E-state index in [0.717, 1.165) is 60.0 Å². The molecule has 0 N–H and O–H groups in total. The molecule has 0 unspecified atom stereocenters. The third-order valence-corrected chi connectivity index (χ3v) is 6.49. The summed E-state index contributed by atoms with van der Waals surface area (Å²) in [6.07, 6.45) is 7.09. The molecule has 0 saturated carbocycles. The van der Waals surface area contributed by atoms with Crippen molar-refractivity contribution in [3.63, 3.8) is 0 Å². The molecule has 0 fully saturated rings. The molecule has 204 valence electrons. The van der Waals surface area contributed by atoms with Crippen molar-refractivity contribution in [2.75, 3.05) is 0 Å². The van der Waals surface area contributed by atoms with Gasteiger partial charge in [0.05, 0.1) is 22.1 Å². The zero-order chi connectivity index (χ0) is 23.3. The van der Waals surface area contributed by atoms with Gasteiger partial charge in [0.2, 0.25) is 0 Å². The van der Waals surface area contributed by atoms with Crippen molar-refractivity contribution in [2.45, 2.75) is 65.5 Å². The second kappa shape index (κ2) is 16.1. The van der Waals surface area contributed by atoms with Gasteiger partial charge in [-0.2, -0.15) is 0 Å². The Hall–Kier alpha value is -2.09. The number of fused-ring (bicyclic) bond motifs is 2. The fourth-order valence-corrected chi connectivity index (χ4v) is 4.72. The van der Waals surface area contributed by atoms with E-state index >= 15 is 0 Å². The van der Waals surface area contributed by atoms with Gasteiger partial charge in [0, 0.05) is 13.1 Å². The Balaban J connectivity index is 0.00000180. The van der Waals surface area contributed by atoms with Crippen LogP contribution < -0.4 is 37.2 Å². The van der Waals surface area contributed by atoms with Crippen LogP contribution in [0.2, 0.25) is 0 Å². The quantitative estimate of drug-likeness (QED) is 0.180. The van der Waals surface area contributed by atoms with Crippen molar-refractivity contribution >= 4 is 22.1 Å². The monoisotopic (exact) mass is 615 g/mol. The van der Waals surface area contributed by atoms with E-state index in [4.69, 9.17) is 15.0 Å². The van der Waals surface area contributed by atoms with Crippen LogP contribution in [0.5, 0.6) is 0 Å². The fraction of sp³-hybridized carbons (Fsp3) is 0.345. The van der Waals surface area contributed by atoms with E-state index in [1.807, 2.05) is 0 Å². The number of aryl methyl sites for hydroxylation is 2. The van der Waals surface area contributed by atoms with Gasteiger partial charge in [-0.1, -0.05) is 69.9 Å². The number of nitrogens with zero attached hydrogens (tertiary/aromatic N) is 5. The van der Waals surface area contributed by atoms with Crippen LogP contribution in [0.1, 0.15) is 52.4 Å². The minimum atomic E-state index is 0. The average Bonchev–Trinajstić information content (AvgIpc) is 3.43. The van der Waals surface area contributed by atoms with E-state index in [-0.39, 0.29) is 54.0 Å². The number of hydrogen-bond acceptors (Lipinski definition) is 3. The van der Waals surface area contributed by atoms with Crippen molar-refractivity contribution in [1.29, 1.82) is 0 Å². The van der Waals surface area contributed by atoms with Gasteiger partial charge in [-0.25, -0.2) is 15.0 Å². The van der Waals surface area contributed by atoms with E-state index in [1.54, 1.807) is 0 Å². The smallest absolute Gasteiger partial charge is 1.00 e. The van der Waals surface area contributed by atoms with E-state index in [0.29, 0.717) is 0 Å². The van der Waals surface area contributed by atoms with Gasteiger partial charge < -0.3 is 46.4 Å². The molecule has 0 atom stereocenters. The molecule has 0 aliphatic heterocycles. The number of para-hydroxylation sites is 4. The van der Waals surface area contributed by atoms with Crippen LogP contribution in [-0.2, 0) is 29.9 Å². The molecule has 38 heavy (non-hydrogen) atoms. The number of hydrogen-bond donors (Lipinski definition) is 0. The molecule has 0 aliphatic rings. The van der Waals surface area contributed by atoms with Crippen LogP contribution in [-0.4, -0.2) is 24.1 Å². The zero-order valence-electron chi connectivity index (χ0n) is 21.7. The number of rotatable bonds is 10. The molecular formula is C29H33Cl3CoN5. The van der Waals surface area contributed by atoms with Crippen LogP contribution in [0.3, 0.4) is 0 Å². The first-order valence-corrected chi connectivity index (χ1v) is 12.7. The minimum absolute atomic E-state index is 0. The van der Waals surface area contributed by atoms with Crippen molar-refractivity contribution in [3.8, 4) is 23.0 Å². The van der Waals surface area contributed by atoms with Gasteiger partial charge in [-0.05, 0) is 49.2 Å². The van der Waals surface area contributed by atoms with Gasteiger partial charge in [0.15, 0.2) is 11.6 Å². The first kappa shape index (κ1) is 33.9. The maximum atomic E-state index is 5.11. The Labute approximate surface area is 254 Å². The van der Waals surface area contributed by atoms with Crippen LogP contribution in [0.15, 0.2) is 66.7 Å². The molecule has 0 spiro atoms. The van der Waals surface area contributed by atoms with Gasteiger partial charge in [-0.15, -0.1) is 0 Å². The van der Waals surface area contributed by atoms with Crippen molar-refractivity contribution in [3.05, 3.63) is 66.7 Å². The van der Waals surface area contributed by atoms with Crippen molar-refractivity contribution in [2.24, 2.45) is 0 Å². The normalized spacial score (nSPS) is 10.4. The molecule has 5 aromatic rings. The third kappa shape index (κ3) is 7.10.